The Hall–Kier alpha value is -3.55. The summed E-state index contributed by atoms with van der Waals surface area (Å²) in [5.74, 6) is -0.658. The van der Waals surface area contributed by atoms with Crippen LogP contribution in [-0.4, -0.2) is 25.5 Å². The third-order valence-electron chi connectivity index (χ3n) is 4.42. The van der Waals surface area contributed by atoms with Crippen LogP contribution < -0.4 is 10.9 Å². The highest BCUT2D eigenvalue weighted by Crippen LogP contribution is 2.21. The Morgan fingerprint density at radius 2 is 2.04 bits per heavy atom. The van der Waals surface area contributed by atoms with Crippen LogP contribution in [-0.2, 0) is 11.2 Å². The van der Waals surface area contributed by atoms with Gasteiger partial charge < -0.3 is 5.32 Å². The molecule has 0 spiro atoms. The van der Waals surface area contributed by atoms with Gasteiger partial charge in [0.15, 0.2) is 5.65 Å². The van der Waals surface area contributed by atoms with E-state index in [-0.39, 0.29) is 35.3 Å². The Kier molecular flexibility index (Phi) is 4.15. The molecule has 0 unspecified atom stereocenters. The Morgan fingerprint density at radius 3 is 2.81 bits per heavy atom. The Morgan fingerprint density at radius 1 is 1.26 bits per heavy atom. The number of pyridine rings is 1. The number of halogens is 1. The molecule has 0 atom stereocenters. The molecule has 0 saturated heterocycles. The van der Waals surface area contributed by atoms with Gasteiger partial charge in [0, 0.05) is 35.8 Å². The highest BCUT2D eigenvalue weighted by atomic mass is 19.1. The van der Waals surface area contributed by atoms with Crippen LogP contribution in [0.4, 0.5) is 10.1 Å². The molecule has 1 aromatic carbocycles. The number of aryl methyl sites for hydroxylation is 1. The average Bonchev–Trinajstić information content (AvgIpc) is 3.02. The maximum atomic E-state index is 14.1. The zero-order valence-corrected chi connectivity index (χ0v) is 14.5. The number of rotatable bonds is 4. The molecule has 0 fully saturated rings. The minimum atomic E-state index is -0.443. The molecule has 0 radical (unpaired) electrons. The number of carbonyl (C=O) groups is 1. The topological polar surface area (TPSA) is 92.2 Å². The Labute approximate surface area is 152 Å². The lowest BCUT2D eigenvalue weighted by Crippen LogP contribution is -2.23. The molecule has 0 bridgehead atoms. The van der Waals surface area contributed by atoms with Crippen LogP contribution in [0.3, 0.4) is 0 Å². The van der Waals surface area contributed by atoms with Gasteiger partial charge in [0.2, 0.25) is 5.91 Å². The largest absolute Gasteiger partial charge is 0.326 e. The summed E-state index contributed by atoms with van der Waals surface area (Å²) in [6, 6.07) is 7.95. The highest BCUT2D eigenvalue weighted by molar-refractivity contribution is 5.93. The molecular weight excluding hydrogens is 349 g/mol. The summed E-state index contributed by atoms with van der Waals surface area (Å²) in [6.07, 6.45) is 3.52. The molecule has 7 nitrogen and oxygen atoms in total. The van der Waals surface area contributed by atoms with Crippen LogP contribution in [0.15, 0.2) is 47.5 Å². The lowest BCUT2D eigenvalue weighted by Gasteiger charge is -2.07. The third-order valence-corrected chi connectivity index (χ3v) is 4.42. The van der Waals surface area contributed by atoms with Crippen LogP contribution in [0, 0.1) is 12.7 Å². The summed E-state index contributed by atoms with van der Waals surface area (Å²) in [4.78, 5) is 33.3. The maximum absolute atomic E-state index is 14.1. The van der Waals surface area contributed by atoms with Gasteiger partial charge in [-0.1, -0.05) is 6.07 Å². The summed E-state index contributed by atoms with van der Waals surface area (Å²) in [7, 11) is 0. The first kappa shape index (κ1) is 16.9. The first-order valence-corrected chi connectivity index (χ1v) is 8.43. The van der Waals surface area contributed by atoms with Gasteiger partial charge >= 0.3 is 0 Å². The Bertz CT molecular complexity index is 1210. The molecule has 27 heavy (non-hydrogen) atoms. The molecule has 0 aliphatic rings. The molecule has 136 valence electrons. The lowest BCUT2D eigenvalue weighted by atomic mass is 10.1. The second-order valence-electron chi connectivity index (χ2n) is 6.20. The van der Waals surface area contributed by atoms with Crippen molar-refractivity contribution in [3.8, 4) is 0 Å². The quantitative estimate of drug-likeness (QED) is 0.581. The molecule has 8 heteroatoms. The van der Waals surface area contributed by atoms with Crippen LogP contribution in [0.2, 0.25) is 0 Å². The van der Waals surface area contributed by atoms with Crippen molar-refractivity contribution in [3.05, 3.63) is 70.2 Å². The number of nitrogens with zero attached hydrogens (tertiary/aromatic N) is 3. The smallest absolute Gasteiger partial charge is 0.276 e. The van der Waals surface area contributed by atoms with E-state index in [1.54, 1.807) is 43.6 Å². The zero-order valence-electron chi connectivity index (χ0n) is 14.5. The summed E-state index contributed by atoms with van der Waals surface area (Å²) in [5, 5.41) is 5.91. The van der Waals surface area contributed by atoms with E-state index in [0.29, 0.717) is 22.5 Å². The second kappa shape index (κ2) is 6.64. The van der Waals surface area contributed by atoms with Gasteiger partial charge in [0.05, 0.1) is 10.9 Å². The number of benzene rings is 1. The monoisotopic (exact) mass is 365 g/mol. The van der Waals surface area contributed by atoms with E-state index < -0.39 is 5.82 Å². The summed E-state index contributed by atoms with van der Waals surface area (Å²) >= 11 is 0. The zero-order chi connectivity index (χ0) is 19.0. The van der Waals surface area contributed by atoms with Gasteiger partial charge in [0.1, 0.15) is 5.82 Å². The van der Waals surface area contributed by atoms with Gasteiger partial charge in [-0.3, -0.25) is 19.7 Å². The molecule has 0 aliphatic heterocycles. The number of anilines is 1. The van der Waals surface area contributed by atoms with Crippen molar-refractivity contribution in [1.29, 1.82) is 0 Å². The SMILES string of the molecule is Cc1nc2c3c(F)cccc3[nH]n2c(=O)c1CCC(=O)Nc1ccncc1. The van der Waals surface area contributed by atoms with Crippen LogP contribution in [0.5, 0.6) is 0 Å². The van der Waals surface area contributed by atoms with Crippen molar-refractivity contribution in [1.82, 2.24) is 19.6 Å². The number of carbonyl (C=O) groups excluding carboxylic acids is 1. The predicted molar refractivity (Wildman–Crippen MR) is 99.2 cm³/mol. The van der Waals surface area contributed by atoms with Crippen LogP contribution >= 0.6 is 0 Å². The number of aromatic nitrogens is 4. The summed E-state index contributed by atoms with van der Waals surface area (Å²) in [6.45, 7) is 1.69. The van der Waals surface area contributed by atoms with Crippen molar-refractivity contribution < 1.29 is 9.18 Å². The number of aromatic amines is 1. The molecule has 3 aromatic heterocycles. The van der Waals surface area contributed by atoms with E-state index in [9.17, 15) is 14.0 Å². The average molecular weight is 365 g/mol. The van der Waals surface area contributed by atoms with Crippen molar-refractivity contribution in [3.63, 3.8) is 0 Å². The van der Waals surface area contributed by atoms with Crippen LogP contribution in [0.1, 0.15) is 17.7 Å². The molecular formula is C19H16FN5O2. The standard InChI is InChI=1S/C19H16FN5O2/c1-11-13(5-6-16(26)23-12-7-9-21-10-8-12)19(27)25-18(22-11)17-14(20)3-2-4-15(17)24-25/h2-4,7-10,24H,5-6H2,1H3,(H,21,23,26). The fraction of sp³-hybridized carbons (Fsp3) is 0.158. The minimum Gasteiger partial charge on any atom is -0.326 e. The molecule has 3 heterocycles. The predicted octanol–water partition coefficient (Wildman–Crippen LogP) is 2.59. The normalized spacial score (nSPS) is 11.2. The van der Waals surface area contributed by atoms with E-state index in [0.717, 1.165) is 0 Å². The first-order valence-electron chi connectivity index (χ1n) is 8.43. The molecule has 1 amide bonds. The second-order valence-corrected chi connectivity index (χ2v) is 6.20. The fourth-order valence-corrected chi connectivity index (χ4v) is 3.08. The molecule has 0 saturated carbocycles. The van der Waals surface area contributed by atoms with Crippen molar-refractivity contribution in [2.24, 2.45) is 0 Å². The first-order chi connectivity index (χ1) is 13.0. The van der Waals surface area contributed by atoms with Crippen molar-refractivity contribution in [2.75, 3.05) is 5.32 Å². The molecule has 0 aliphatic carbocycles. The number of fused-ring (bicyclic) bond motifs is 3. The number of H-pyrrole nitrogens is 1. The third kappa shape index (κ3) is 3.05. The van der Waals surface area contributed by atoms with E-state index in [2.05, 4.69) is 20.4 Å². The lowest BCUT2D eigenvalue weighted by molar-refractivity contribution is -0.116. The number of nitrogens with one attached hydrogen (secondary N) is 2. The van der Waals surface area contributed by atoms with Gasteiger partial charge in [-0.05, 0) is 37.6 Å². The van der Waals surface area contributed by atoms with Gasteiger partial charge in [-0.2, -0.15) is 0 Å². The fourth-order valence-electron chi connectivity index (χ4n) is 3.08. The van der Waals surface area contributed by atoms with Gasteiger partial charge in [0.25, 0.3) is 5.56 Å². The number of hydrogen-bond donors (Lipinski definition) is 2. The van der Waals surface area contributed by atoms with Crippen LogP contribution in [0.25, 0.3) is 16.6 Å². The summed E-state index contributed by atoms with van der Waals surface area (Å²) < 4.78 is 15.4. The molecule has 2 N–H and O–H groups in total. The van der Waals surface area contributed by atoms with Crippen molar-refractivity contribution in [2.45, 2.75) is 19.8 Å². The minimum absolute atomic E-state index is 0.126. The van der Waals surface area contributed by atoms with E-state index >= 15 is 0 Å². The highest BCUT2D eigenvalue weighted by Gasteiger charge is 2.17. The molecule has 4 aromatic rings. The number of hydrogen-bond acceptors (Lipinski definition) is 4. The van der Waals surface area contributed by atoms with E-state index in [1.807, 2.05) is 0 Å². The molecule has 4 rings (SSSR count). The Balaban J connectivity index is 1.64. The van der Waals surface area contributed by atoms with E-state index in [4.69, 9.17) is 0 Å². The number of amides is 1. The summed E-state index contributed by atoms with van der Waals surface area (Å²) in [5.41, 5.74) is 1.96. The van der Waals surface area contributed by atoms with E-state index in [1.165, 1.54) is 10.6 Å². The maximum Gasteiger partial charge on any atom is 0.276 e. The van der Waals surface area contributed by atoms with Gasteiger partial charge in [-0.15, -0.1) is 0 Å². The van der Waals surface area contributed by atoms with Crippen molar-refractivity contribution >= 4 is 28.1 Å². The van der Waals surface area contributed by atoms with Gasteiger partial charge in [-0.25, -0.2) is 13.9 Å².